The smallest absolute Gasteiger partial charge is 0.258 e. The summed E-state index contributed by atoms with van der Waals surface area (Å²) in [6.07, 6.45) is -2.50. The molecule has 1 amide bonds. The summed E-state index contributed by atoms with van der Waals surface area (Å²) in [5, 5.41) is 34.7. The van der Waals surface area contributed by atoms with Crippen LogP contribution in [-0.4, -0.2) is 38.9 Å². The van der Waals surface area contributed by atoms with Gasteiger partial charge in [0, 0.05) is 35.9 Å². The van der Waals surface area contributed by atoms with E-state index in [-0.39, 0.29) is 24.7 Å². The first-order valence-electron chi connectivity index (χ1n) is 13.6. The van der Waals surface area contributed by atoms with Gasteiger partial charge in [-0.1, -0.05) is 92.7 Å². The van der Waals surface area contributed by atoms with Gasteiger partial charge in [-0.25, -0.2) is 0 Å². The molecule has 2 atom stereocenters. The van der Waals surface area contributed by atoms with E-state index >= 15 is 0 Å². The lowest BCUT2D eigenvalue weighted by atomic mass is 9.94. The SMILES string of the molecule is CC(C)c1c(C(=O)Nc2ccccc2)c(-c2ccccc2)c(-c2ccccc2)n1CC[C@@H](O)C[C@@H](O)CC(=O)[O-]. The molecule has 40 heavy (non-hydrogen) atoms. The lowest BCUT2D eigenvalue weighted by Gasteiger charge is -2.20. The van der Waals surface area contributed by atoms with Gasteiger partial charge in [-0.3, -0.25) is 4.79 Å². The van der Waals surface area contributed by atoms with E-state index in [9.17, 15) is 24.9 Å². The maximum atomic E-state index is 14.0. The minimum absolute atomic E-state index is 0.0442. The van der Waals surface area contributed by atoms with Gasteiger partial charge in [0.25, 0.3) is 5.91 Å². The topological polar surface area (TPSA) is 115 Å². The number of aliphatic hydroxyl groups is 2. The number of para-hydroxylation sites is 1. The summed E-state index contributed by atoms with van der Waals surface area (Å²) in [5.41, 5.74) is 5.56. The largest absolute Gasteiger partial charge is 0.550 e. The highest BCUT2D eigenvalue weighted by molar-refractivity contribution is 6.12. The Morgan fingerprint density at radius 2 is 1.38 bits per heavy atom. The van der Waals surface area contributed by atoms with Crippen molar-refractivity contribution in [2.75, 3.05) is 5.32 Å². The number of nitrogens with one attached hydrogen (secondary N) is 1. The summed E-state index contributed by atoms with van der Waals surface area (Å²) in [6.45, 7) is 4.43. The Labute approximate surface area is 234 Å². The van der Waals surface area contributed by atoms with Crippen molar-refractivity contribution in [3.05, 3.63) is 102 Å². The highest BCUT2D eigenvalue weighted by Crippen LogP contribution is 2.42. The Bertz CT molecular complexity index is 1420. The first kappa shape index (κ1) is 28.8. The number of aromatic nitrogens is 1. The number of aliphatic carboxylic acids is 1. The maximum Gasteiger partial charge on any atom is 0.258 e. The summed E-state index contributed by atoms with van der Waals surface area (Å²) in [4.78, 5) is 24.9. The molecule has 3 N–H and O–H groups in total. The summed E-state index contributed by atoms with van der Waals surface area (Å²) in [7, 11) is 0. The number of carbonyl (C=O) groups excluding carboxylic acids is 2. The van der Waals surface area contributed by atoms with Crippen LogP contribution in [0.15, 0.2) is 91.0 Å². The molecule has 3 aromatic carbocycles. The van der Waals surface area contributed by atoms with Crippen LogP contribution in [0.3, 0.4) is 0 Å². The van der Waals surface area contributed by atoms with E-state index < -0.39 is 24.6 Å². The van der Waals surface area contributed by atoms with E-state index in [0.29, 0.717) is 17.8 Å². The number of benzene rings is 3. The van der Waals surface area contributed by atoms with Gasteiger partial charge in [0.2, 0.25) is 0 Å². The number of rotatable bonds is 12. The molecule has 0 aliphatic heterocycles. The molecule has 0 fully saturated rings. The molecular weight excluding hydrogens is 504 g/mol. The van der Waals surface area contributed by atoms with Crippen molar-refractivity contribution in [2.24, 2.45) is 0 Å². The van der Waals surface area contributed by atoms with Crippen LogP contribution in [0.2, 0.25) is 0 Å². The van der Waals surface area contributed by atoms with Gasteiger partial charge in [-0.2, -0.15) is 0 Å². The zero-order valence-corrected chi connectivity index (χ0v) is 22.8. The van der Waals surface area contributed by atoms with Crippen LogP contribution in [0.4, 0.5) is 5.69 Å². The number of hydrogen-bond acceptors (Lipinski definition) is 5. The van der Waals surface area contributed by atoms with Crippen LogP contribution < -0.4 is 10.4 Å². The van der Waals surface area contributed by atoms with Crippen LogP contribution in [0.5, 0.6) is 0 Å². The average Bonchev–Trinajstić information content (AvgIpc) is 3.28. The number of anilines is 1. The van der Waals surface area contributed by atoms with Gasteiger partial charge in [0.05, 0.1) is 23.5 Å². The molecule has 0 saturated heterocycles. The zero-order chi connectivity index (χ0) is 28.6. The summed E-state index contributed by atoms with van der Waals surface area (Å²) >= 11 is 0. The minimum atomic E-state index is -1.36. The average molecular weight is 540 g/mol. The van der Waals surface area contributed by atoms with E-state index in [1.165, 1.54) is 0 Å². The molecule has 208 valence electrons. The van der Waals surface area contributed by atoms with Gasteiger partial charge in [-0.15, -0.1) is 0 Å². The van der Waals surface area contributed by atoms with E-state index in [2.05, 4.69) is 9.88 Å². The van der Waals surface area contributed by atoms with Gasteiger partial charge in [0.15, 0.2) is 0 Å². The Morgan fingerprint density at radius 3 is 1.93 bits per heavy atom. The second-order valence-electron chi connectivity index (χ2n) is 10.3. The molecule has 4 aromatic rings. The Morgan fingerprint density at radius 1 is 0.825 bits per heavy atom. The zero-order valence-electron chi connectivity index (χ0n) is 22.8. The third-order valence-electron chi connectivity index (χ3n) is 6.85. The number of aliphatic hydroxyl groups excluding tert-OH is 2. The first-order chi connectivity index (χ1) is 19.3. The van der Waals surface area contributed by atoms with Gasteiger partial charge < -0.3 is 30.0 Å². The monoisotopic (exact) mass is 539 g/mol. The molecule has 4 rings (SSSR count). The Hall–Kier alpha value is -4.20. The van der Waals surface area contributed by atoms with Crippen molar-refractivity contribution >= 4 is 17.6 Å². The minimum Gasteiger partial charge on any atom is -0.550 e. The van der Waals surface area contributed by atoms with Crippen LogP contribution in [0, 0.1) is 0 Å². The standard InChI is InChI=1S/C33H36N2O5/c1-22(2)31-30(33(40)34-25-16-10-5-11-17-25)29(23-12-6-3-7-13-23)32(24-14-8-4-9-15-24)35(31)19-18-26(36)20-27(37)21-28(38)39/h3-17,22,26-27,36-37H,18-21H2,1-2H3,(H,34,40)(H,38,39)/p-1/t26-,27-/m1/s1. The van der Waals surface area contributed by atoms with E-state index in [1.807, 2.05) is 105 Å². The molecule has 0 unspecified atom stereocenters. The molecule has 0 radical (unpaired) electrons. The molecule has 1 heterocycles. The van der Waals surface area contributed by atoms with E-state index in [1.54, 1.807) is 0 Å². The van der Waals surface area contributed by atoms with Gasteiger partial charge in [-0.05, 0) is 42.0 Å². The van der Waals surface area contributed by atoms with Crippen molar-refractivity contribution in [3.8, 4) is 22.4 Å². The summed E-state index contributed by atoms with van der Waals surface area (Å²) in [6, 6.07) is 29.0. The van der Waals surface area contributed by atoms with E-state index in [0.717, 1.165) is 28.1 Å². The fraction of sp³-hybridized carbons (Fsp3) is 0.273. The number of hydrogen-bond donors (Lipinski definition) is 3. The third-order valence-corrected chi connectivity index (χ3v) is 6.85. The second kappa shape index (κ2) is 13.2. The molecule has 0 spiro atoms. The molecular formula is C33H35N2O5-. The number of carbonyl (C=O) groups is 2. The van der Waals surface area contributed by atoms with Crippen molar-refractivity contribution < 1.29 is 24.9 Å². The maximum absolute atomic E-state index is 14.0. The molecule has 1 aromatic heterocycles. The number of carboxylic acids is 1. The van der Waals surface area contributed by atoms with Crippen LogP contribution >= 0.6 is 0 Å². The predicted molar refractivity (Wildman–Crippen MR) is 155 cm³/mol. The molecule has 0 saturated carbocycles. The lowest BCUT2D eigenvalue weighted by molar-refractivity contribution is -0.307. The number of nitrogens with zero attached hydrogens (tertiary/aromatic N) is 1. The van der Waals surface area contributed by atoms with Crippen molar-refractivity contribution in [1.29, 1.82) is 0 Å². The van der Waals surface area contributed by atoms with Crippen LogP contribution in [-0.2, 0) is 11.3 Å². The molecule has 7 heteroatoms. The van der Waals surface area contributed by atoms with Crippen molar-refractivity contribution in [1.82, 2.24) is 4.57 Å². The van der Waals surface area contributed by atoms with Gasteiger partial charge >= 0.3 is 0 Å². The van der Waals surface area contributed by atoms with E-state index in [4.69, 9.17) is 0 Å². The molecule has 7 nitrogen and oxygen atoms in total. The van der Waals surface area contributed by atoms with Crippen molar-refractivity contribution in [3.63, 3.8) is 0 Å². The fourth-order valence-electron chi connectivity index (χ4n) is 5.18. The fourth-order valence-corrected chi connectivity index (χ4v) is 5.18. The summed E-state index contributed by atoms with van der Waals surface area (Å²) in [5.74, 6) is -1.63. The predicted octanol–water partition coefficient (Wildman–Crippen LogP) is 4.84. The van der Waals surface area contributed by atoms with Gasteiger partial charge in [0.1, 0.15) is 0 Å². The lowest BCUT2D eigenvalue weighted by Crippen LogP contribution is -2.29. The quantitative estimate of drug-likeness (QED) is 0.238. The third kappa shape index (κ3) is 6.86. The summed E-state index contributed by atoms with van der Waals surface area (Å²) < 4.78 is 2.09. The van der Waals surface area contributed by atoms with Crippen molar-refractivity contribution in [2.45, 2.75) is 57.8 Å². The first-order valence-corrected chi connectivity index (χ1v) is 13.6. The Kier molecular flexibility index (Phi) is 9.53. The molecule has 0 bridgehead atoms. The van der Waals surface area contributed by atoms with Crippen LogP contribution in [0.1, 0.15) is 55.1 Å². The molecule has 0 aliphatic rings. The highest BCUT2D eigenvalue weighted by Gasteiger charge is 2.30. The van der Waals surface area contributed by atoms with Crippen LogP contribution in [0.25, 0.3) is 22.4 Å². The normalized spacial score (nSPS) is 12.7. The number of amides is 1. The molecule has 0 aliphatic carbocycles. The Balaban J connectivity index is 1.87. The second-order valence-corrected chi connectivity index (χ2v) is 10.3. The highest BCUT2D eigenvalue weighted by atomic mass is 16.4. The number of carboxylic acid groups (broad SMARTS) is 1.